The quantitative estimate of drug-likeness (QED) is 0.538. The summed E-state index contributed by atoms with van der Waals surface area (Å²) >= 11 is 0. The number of hydrogen-bond donors (Lipinski definition) is 0. The fourth-order valence-corrected chi connectivity index (χ4v) is 3.33. The topological polar surface area (TPSA) is 3.24 Å². The molecule has 0 aromatic heterocycles. The minimum absolute atomic E-state index is 0.931. The first-order valence-electron chi connectivity index (χ1n) is 8.40. The van der Waals surface area contributed by atoms with Gasteiger partial charge in [-0.3, -0.25) is 0 Å². The third-order valence-corrected chi connectivity index (χ3v) is 4.53. The molecule has 1 heteroatoms. The molecule has 0 aromatic rings. The number of likely N-dealkylation sites (tertiary alicyclic amines) is 1. The number of nitrogens with zero attached hydrogens (tertiary/aromatic N) is 1. The Morgan fingerprint density at radius 1 is 1.25 bits per heavy atom. The molecular formula is C19H33N. The van der Waals surface area contributed by atoms with Crippen molar-refractivity contribution in [3.8, 4) is 0 Å². The Bertz CT molecular complexity index is 351. The van der Waals surface area contributed by atoms with E-state index in [-0.39, 0.29) is 0 Å². The van der Waals surface area contributed by atoms with Gasteiger partial charge in [-0.15, -0.1) is 0 Å². The summed E-state index contributed by atoms with van der Waals surface area (Å²) in [5.74, 6) is 0.931. The molecule has 0 bridgehead atoms. The lowest BCUT2D eigenvalue weighted by molar-refractivity contribution is 0.351. The average Bonchev–Trinajstić information content (AvgIpc) is 2.67. The van der Waals surface area contributed by atoms with Gasteiger partial charge in [-0.2, -0.15) is 0 Å². The van der Waals surface area contributed by atoms with Crippen molar-refractivity contribution in [3.63, 3.8) is 0 Å². The molecule has 0 aromatic carbocycles. The maximum Gasteiger partial charge on any atom is 0.0395 e. The van der Waals surface area contributed by atoms with Gasteiger partial charge in [0.1, 0.15) is 0 Å². The zero-order chi connectivity index (χ0) is 15.0. The van der Waals surface area contributed by atoms with E-state index in [0.717, 1.165) is 12.3 Å². The predicted octanol–water partition coefficient (Wildman–Crippen LogP) is 5.70. The Hall–Kier alpha value is -0.980. The molecule has 0 radical (unpaired) electrons. The Labute approximate surface area is 126 Å². The van der Waals surface area contributed by atoms with Crippen molar-refractivity contribution in [2.45, 2.75) is 65.7 Å². The number of rotatable bonds is 7. The standard InChI is InChI=1S/C19H33N/c1-6-9-11-17-12-10-14-20(15-13-17)19(8-3)18(7-2)16(4)5/h8,17H,3-4,6-7,9-15H2,1-2,5H3. The first-order chi connectivity index (χ1) is 9.63. The van der Waals surface area contributed by atoms with Crippen molar-refractivity contribution in [2.75, 3.05) is 13.1 Å². The zero-order valence-electron chi connectivity index (χ0n) is 13.9. The van der Waals surface area contributed by atoms with Crippen LogP contribution in [-0.4, -0.2) is 18.0 Å². The lowest BCUT2D eigenvalue weighted by Gasteiger charge is -2.27. The largest absolute Gasteiger partial charge is 0.371 e. The summed E-state index contributed by atoms with van der Waals surface area (Å²) in [5.41, 5.74) is 3.90. The average molecular weight is 275 g/mol. The van der Waals surface area contributed by atoms with Crippen molar-refractivity contribution in [1.82, 2.24) is 4.90 Å². The lowest BCUT2D eigenvalue weighted by Crippen LogP contribution is -2.24. The van der Waals surface area contributed by atoms with Gasteiger partial charge >= 0.3 is 0 Å². The zero-order valence-corrected chi connectivity index (χ0v) is 13.9. The van der Waals surface area contributed by atoms with E-state index in [4.69, 9.17) is 0 Å². The summed E-state index contributed by atoms with van der Waals surface area (Å²) in [7, 11) is 0. The second-order valence-corrected chi connectivity index (χ2v) is 6.13. The first-order valence-corrected chi connectivity index (χ1v) is 8.40. The van der Waals surface area contributed by atoms with Gasteiger partial charge in [0.2, 0.25) is 0 Å². The maximum absolute atomic E-state index is 4.14. The molecule has 1 nitrogen and oxygen atoms in total. The predicted molar refractivity (Wildman–Crippen MR) is 90.8 cm³/mol. The number of allylic oxidation sites excluding steroid dienone is 3. The van der Waals surface area contributed by atoms with Gasteiger partial charge in [0.25, 0.3) is 0 Å². The summed E-state index contributed by atoms with van der Waals surface area (Å²) in [4.78, 5) is 2.55. The minimum atomic E-state index is 0.931. The van der Waals surface area contributed by atoms with Crippen LogP contribution in [0.1, 0.15) is 65.7 Å². The van der Waals surface area contributed by atoms with Crippen molar-refractivity contribution in [2.24, 2.45) is 5.92 Å². The Balaban J connectivity index is 2.75. The highest BCUT2D eigenvalue weighted by molar-refractivity contribution is 5.36. The normalized spacial score (nSPS) is 21.1. The molecule has 0 amide bonds. The van der Waals surface area contributed by atoms with E-state index in [1.165, 1.54) is 68.5 Å². The fraction of sp³-hybridized carbons (Fsp3) is 0.684. The van der Waals surface area contributed by atoms with Crippen LogP contribution in [0.5, 0.6) is 0 Å². The maximum atomic E-state index is 4.14. The van der Waals surface area contributed by atoms with Crippen LogP contribution in [0, 0.1) is 5.92 Å². The molecule has 1 atom stereocenters. The van der Waals surface area contributed by atoms with Gasteiger partial charge < -0.3 is 4.90 Å². The molecule has 0 N–H and O–H groups in total. The summed E-state index contributed by atoms with van der Waals surface area (Å²) < 4.78 is 0. The van der Waals surface area contributed by atoms with Gasteiger partial charge in [0.15, 0.2) is 0 Å². The van der Waals surface area contributed by atoms with Gasteiger partial charge in [-0.05, 0) is 50.2 Å². The van der Waals surface area contributed by atoms with Gasteiger partial charge in [-0.25, -0.2) is 0 Å². The molecular weight excluding hydrogens is 242 g/mol. The molecule has 1 fully saturated rings. The summed E-state index contributed by atoms with van der Waals surface area (Å²) in [6, 6.07) is 0. The number of unbranched alkanes of at least 4 members (excludes halogenated alkanes) is 1. The second-order valence-electron chi connectivity index (χ2n) is 6.13. The second kappa shape index (κ2) is 9.05. The molecule has 0 aliphatic carbocycles. The van der Waals surface area contributed by atoms with Gasteiger partial charge in [0.05, 0.1) is 0 Å². The van der Waals surface area contributed by atoms with Crippen molar-refractivity contribution in [1.29, 1.82) is 0 Å². The Kier molecular flexibility index (Phi) is 7.72. The van der Waals surface area contributed by atoms with E-state index in [1.54, 1.807) is 0 Å². The summed E-state index contributed by atoms with van der Waals surface area (Å²) in [5, 5.41) is 0. The monoisotopic (exact) mass is 275 g/mol. The van der Waals surface area contributed by atoms with Crippen LogP contribution >= 0.6 is 0 Å². The molecule has 0 spiro atoms. The SMILES string of the molecule is C=CC(=C(CC)C(=C)C)N1CCCC(CCCC)CC1. The van der Waals surface area contributed by atoms with Crippen LogP contribution in [0.15, 0.2) is 36.1 Å². The van der Waals surface area contributed by atoms with E-state index in [2.05, 4.69) is 38.8 Å². The van der Waals surface area contributed by atoms with E-state index in [1.807, 2.05) is 6.08 Å². The smallest absolute Gasteiger partial charge is 0.0395 e. The highest BCUT2D eigenvalue weighted by Crippen LogP contribution is 2.27. The third kappa shape index (κ3) is 4.85. The van der Waals surface area contributed by atoms with E-state index < -0.39 is 0 Å². The Morgan fingerprint density at radius 2 is 2.00 bits per heavy atom. The molecule has 0 saturated carbocycles. The molecule has 1 rings (SSSR count). The third-order valence-electron chi connectivity index (χ3n) is 4.53. The number of hydrogen-bond acceptors (Lipinski definition) is 1. The highest BCUT2D eigenvalue weighted by Gasteiger charge is 2.19. The van der Waals surface area contributed by atoms with Crippen LogP contribution in [0.2, 0.25) is 0 Å². The first kappa shape index (κ1) is 17.1. The Morgan fingerprint density at radius 3 is 2.55 bits per heavy atom. The minimum Gasteiger partial charge on any atom is -0.371 e. The van der Waals surface area contributed by atoms with Crippen LogP contribution < -0.4 is 0 Å². The van der Waals surface area contributed by atoms with E-state index in [9.17, 15) is 0 Å². The molecule has 1 aliphatic rings. The fourth-order valence-electron chi connectivity index (χ4n) is 3.33. The van der Waals surface area contributed by atoms with Crippen LogP contribution in [-0.2, 0) is 0 Å². The summed E-state index contributed by atoms with van der Waals surface area (Å²) in [6.07, 6.45) is 11.3. The molecule has 20 heavy (non-hydrogen) atoms. The molecule has 1 heterocycles. The van der Waals surface area contributed by atoms with Crippen LogP contribution in [0.3, 0.4) is 0 Å². The van der Waals surface area contributed by atoms with Gasteiger partial charge in [0, 0.05) is 18.8 Å². The molecule has 114 valence electrons. The highest BCUT2D eigenvalue weighted by atomic mass is 15.1. The van der Waals surface area contributed by atoms with Crippen molar-refractivity contribution >= 4 is 0 Å². The summed E-state index contributed by atoms with van der Waals surface area (Å²) in [6.45, 7) is 17.2. The molecule has 1 unspecified atom stereocenters. The van der Waals surface area contributed by atoms with Gasteiger partial charge in [-0.1, -0.05) is 51.8 Å². The van der Waals surface area contributed by atoms with E-state index >= 15 is 0 Å². The van der Waals surface area contributed by atoms with Crippen molar-refractivity contribution in [3.05, 3.63) is 36.1 Å². The molecule has 1 aliphatic heterocycles. The molecule has 1 saturated heterocycles. The van der Waals surface area contributed by atoms with E-state index in [0.29, 0.717) is 0 Å². The van der Waals surface area contributed by atoms with Crippen LogP contribution in [0.4, 0.5) is 0 Å². The lowest BCUT2D eigenvalue weighted by atomic mass is 9.95. The van der Waals surface area contributed by atoms with Crippen LogP contribution in [0.25, 0.3) is 0 Å². The van der Waals surface area contributed by atoms with Crippen molar-refractivity contribution < 1.29 is 0 Å².